The van der Waals surface area contributed by atoms with Crippen LogP contribution in [0, 0.1) is 12.7 Å². The van der Waals surface area contributed by atoms with E-state index in [0.717, 1.165) is 28.2 Å². The van der Waals surface area contributed by atoms with Gasteiger partial charge in [-0.2, -0.15) is 0 Å². The molecule has 152 valence electrons. The molecule has 0 aliphatic heterocycles. The third kappa shape index (κ3) is 4.15. The van der Waals surface area contributed by atoms with Crippen molar-refractivity contribution in [2.24, 2.45) is 0 Å². The van der Waals surface area contributed by atoms with E-state index in [9.17, 15) is 4.39 Å². The fraction of sp³-hybridized carbons (Fsp3) is 0.174. The molecule has 7 heteroatoms. The minimum absolute atomic E-state index is 0.0983. The van der Waals surface area contributed by atoms with Gasteiger partial charge < -0.3 is 14.6 Å². The van der Waals surface area contributed by atoms with Crippen LogP contribution >= 0.6 is 0 Å². The summed E-state index contributed by atoms with van der Waals surface area (Å²) in [6.07, 6.45) is 3.70. The molecule has 2 aromatic heterocycles. The van der Waals surface area contributed by atoms with Crippen LogP contribution in [0.25, 0.3) is 16.9 Å². The van der Waals surface area contributed by atoms with Crippen molar-refractivity contribution >= 4 is 5.82 Å². The summed E-state index contributed by atoms with van der Waals surface area (Å²) in [7, 11) is 1.64. The van der Waals surface area contributed by atoms with Crippen molar-refractivity contribution in [3.05, 3.63) is 84.2 Å². The summed E-state index contributed by atoms with van der Waals surface area (Å²) in [5, 5.41) is 11.8. The second-order valence-corrected chi connectivity index (χ2v) is 7.03. The molecule has 1 atom stereocenters. The smallest absolute Gasteiger partial charge is 0.149 e. The van der Waals surface area contributed by atoms with Crippen LogP contribution < -0.4 is 10.1 Å². The summed E-state index contributed by atoms with van der Waals surface area (Å²) in [5.74, 6) is 1.08. The van der Waals surface area contributed by atoms with Gasteiger partial charge >= 0.3 is 0 Å². The molecule has 6 nitrogen and oxygen atoms in total. The third-order valence-electron chi connectivity index (χ3n) is 4.84. The van der Waals surface area contributed by atoms with Crippen molar-refractivity contribution in [3.63, 3.8) is 0 Å². The Labute approximate surface area is 174 Å². The van der Waals surface area contributed by atoms with Gasteiger partial charge in [-0.05, 0) is 55.8 Å². The fourth-order valence-corrected chi connectivity index (χ4v) is 3.25. The van der Waals surface area contributed by atoms with Crippen LogP contribution in [0.4, 0.5) is 10.2 Å². The lowest BCUT2D eigenvalue weighted by molar-refractivity contribution is 0.413. The first-order valence-corrected chi connectivity index (χ1v) is 9.58. The van der Waals surface area contributed by atoms with Crippen molar-refractivity contribution in [3.8, 4) is 22.7 Å². The van der Waals surface area contributed by atoms with Crippen molar-refractivity contribution < 1.29 is 9.13 Å². The van der Waals surface area contributed by atoms with Gasteiger partial charge in [0.05, 0.1) is 36.6 Å². The normalized spacial score (nSPS) is 11.9. The second-order valence-electron chi connectivity index (χ2n) is 7.03. The second kappa shape index (κ2) is 8.32. The monoisotopic (exact) mass is 403 g/mol. The average molecular weight is 403 g/mol. The first kappa shape index (κ1) is 19.6. The Hall–Kier alpha value is -3.74. The van der Waals surface area contributed by atoms with E-state index in [4.69, 9.17) is 4.74 Å². The number of hydrogen-bond donors (Lipinski definition) is 1. The maximum atomic E-state index is 13.4. The Balaban J connectivity index is 1.53. The molecular weight excluding hydrogens is 381 g/mol. The predicted molar refractivity (Wildman–Crippen MR) is 114 cm³/mol. The molecule has 30 heavy (non-hydrogen) atoms. The molecule has 2 heterocycles. The summed E-state index contributed by atoms with van der Waals surface area (Å²) in [6, 6.07) is 16.0. The molecule has 0 saturated heterocycles. The van der Waals surface area contributed by atoms with Gasteiger partial charge in [-0.3, -0.25) is 0 Å². The molecule has 4 aromatic rings. The van der Waals surface area contributed by atoms with Crippen LogP contribution in [-0.4, -0.2) is 26.9 Å². The molecule has 0 amide bonds. The van der Waals surface area contributed by atoms with Crippen LogP contribution in [0.1, 0.15) is 24.2 Å². The highest BCUT2D eigenvalue weighted by atomic mass is 19.1. The number of methoxy groups -OCH3 is 1. The van der Waals surface area contributed by atoms with Crippen molar-refractivity contribution in [2.75, 3.05) is 12.4 Å². The Morgan fingerprint density at radius 2 is 1.93 bits per heavy atom. The van der Waals surface area contributed by atoms with Crippen molar-refractivity contribution in [1.82, 2.24) is 19.7 Å². The lowest BCUT2D eigenvalue weighted by Gasteiger charge is -2.15. The zero-order chi connectivity index (χ0) is 21.1. The molecule has 4 rings (SSSR count). The molecule has 0 radical (unpaired) electrons. The Morgan fingerprint density at radius 3 is 2.60 bits per heavy atom. The summed E-state index contributed by atoms with van der Waals surface area (Å²) in [4.78, 5) is 4.27. The number of aromatic nitrogens is 4. The van der Waals surface area contributed by atoms with Crippen molar-refractivity contribution in [2.45, 2.75) is 19.9 Å². The minimum Gasteiger partial charge on any atom is -0.495 e. The van der Waals surface area contributed by atoms with E-state index in [1.807, 2.05) is 61.0 Å². The maximum Gasteiger partial charge on any atom is 0.149 e. The average Bonchev–Trinajstić information content (AvgIpc) is 3.20. The van der Waals surface area contributed by atoms with Crippen LogP contribution in [0.15, 0.2) is 67.1 Å². The number of imidazole rings is 1. The Kier molecular flexibility index (Phi) is 5.43. The Bertz CT molecular complexity index is 1160. The standard InChI is InChI=1S/C23H22FN5O/c1-15-13-29(14-25-15)21-9-7-18(12-22(21)30-3)20-8-10-23(28-27-20)26-16(2)17-5-4-6-19(24)11-17/h4-14,16H,1-3H3,(H,26,28)/t16-/m0/s1. The molecular formula is C23H22FN5O. The highest BCUT2D eigenvalue weighted by Crippen LogP contribution is 2.29. The number of halogens is 1. The van der Waals surface area contributed by atoms with E-state index in [1.165, 1.54) is 12.1 Å². The van der Waals surface area contributed by atoms with Crippen LogP contribution in [0.5, 0.6) is 5.75 Å². The first-order chi connectivity index (χ1) is 14.5. The zero-order valence-corrected chi connectivity index (χ0v) is 17.0. The molecule has 0 unspecified atom stereocenters. The molecule has 2 aromatic carbocycles. The highest BCUT2D eigenvalue weighted by Gasteiger charge is 2.11. The number of benzene rings is 2. The van der Waals surface area contributed by atoms with E-state index >= 15 is 0 Å². The summed E-state index contributed by atoms with van der Waals surface area (Å²) < 4.78 is 20.9. The first-order valence-electron chi connectivity index (χ1n) is 9.58. The lowest BCUT2D eigenvalue weighted by atomic mass is 10.1. The van der Waals surface area contributed by atoms with Crippen LogP contribution in [0.2, 0.25) is 0 Å². The van der Waals surface area contributed by atoms with E-state index in [2.05, 4.69) is 20.5 Å². The summed E-state index contributed by atoms with van der Waals surface area (Å²) in [5.41, 5.74) is 4.30. The van der Waals surface area contributed by atoms with E-state index in [-0.39, 0.29) is 11.9 Å². The van der Waals surface area contributed by atoms with E-state index in [1.54, 1.807) is 19.5 Å². The van der Waals surface area contributed by atoms with Gasteiger partial charge in [0, 0.05) is 11.8 Å². The van der Waals surface area contributed by atoms with Gasteiger partial charge in [-0.25, -0.2) is 9.37 Å². The summed E-state index contributed by atoms with van der Waals surface area (Å²) >= 11 is 0. The quantitative estimate of drug-likeness (QED) is 0.493. The predicted octanol–water partition coefficient (Wildman–Crippen LogP) is 4.96. The van der Waals surface area contributed by atoms with Gasteiger partial charge in [-0.1, -0.05) is 18.2 Å². The summed E-state index contributed by atoms with van der Waals surface area (Å²) in [6.45, 7) is 3.89. The minimum atomic E-state index is -0.258. The zero-order valence-electron chi connectivity index (χ0n) is 17.0. The topological polar surface area (TPSA) is 64.9 Å². The van der Waals surface area contributed by atoms with Gasteiger partial charge in [0.2, 0.25) is 0 Å². The number of rotatable bonds is 6. The number of aryl methyl sites for hydroxylation is 1. The number of nitrogens with one attached hydrogen (secondary N) is 1. The van der Waals surface area contributed by atoms with Crippen molar-refractivity contribution in [1.29, 1.82) is 0 Å². The molecule has 0 aliphatic rings. The number of hydrogen-bond acceptors (Lipinski definition) is 5. The van der Waals surface area contributed by atoms with Gasteiger partial charge in [0.15, 0.2) is 0 Å². The van der Waals surface area contributed by atoms with E-state index < -0.39 is 0 Å². The highest BCUT2D eigenvalue weighted by molar-refractivity contribution is 5.65. The van der Waals surface area contributed by atoms with Gasteiger partial charge in [0.25, 0.3) is 0 Å². The third-order valence-corrected chi connectivity index (χ3v) is 4.84. The maximum absolute atomic E-state index is 13.4. The van der Waals surface area contributed by atoms with Crippen LogP contribution in [-0.2, 0) is 0 Å². The fourth-order valence-electron chi connectivity index (χ4n) is 3.25. The molecule has 0 aliphatic carbocycles. The SMILES string of the molecule is COc1cc(-c2ccc(N[C@@H](C)c3cccc(F)c3)nn2)ccc1-n1cnc(C)c1. The van der Waals surface area contributed by atoms with E-state index in [0.29, 0.717) is 11.6 Å². The van der Waals surface area contributed by atoms with Crippen LogP contribution in [0.3, 0.4) is 0 Å². The molecule has 1 N–H and O–H groups in total. The largest absolute Gasteiger partial charge is 0.495 e. The number of nitrogens with zero attached hydrogens (tertiary/aromatic N) is 4. The Morgan fingerprint density at radius 1 is 1.07 bits per heavy atom. The molecule has 0 spiro atoms. The van der Waals surface area contributed by atoms with Gasteiger partial charge in [0.1, 0.15) is 17.4 Å². The molecule has 0 bridgehead atoms. The number of ether oxygens (including phenoxy) is 1. The molecule has 0 saturated carbocycles. The van der Waals surface area contributed by atoms with Gasteiger partial charge in [-0.15, -0.1) is 10.2 Å². The molecule has 0 fully saturated rings. The number of anilines is 1. The lowest BCUT2D eigenvalue weighted by Crippen LogP contribution is -2.08.